The Kier molecular flexibility index (Phi) is 6.25. The number of thioether (sulfide) groups is 1. The third-order valence-corrected chi connectivity index (χ3v) is 5.36. The fourth-order valence-corrected chi connectivity index (χ4v) is 3.62. The van der Waals surface area contributed by atoms with Crippen LogP contribution < -0.4 is 10.5 Å². The summed E-state index contributed by atoms with van der Waals surface area (Å²) in [5.74, 6) is 1.72. The largest absolute Gasteiger partial charge is 0.389 e. The number of hydrogen-bond donors (Lipinski definition) is 2. The van der Waals surface area contributed by atoms with Crippen molar-refractivity contribution in [1.29, 1.82) is 0 Å². The minimum atomic E-state index is -3.48. The predicted molar refractivity (Wildman–Crippen MR) is 85.1 cm³/mol. The van der Waals surface area contributed by atoms with E-state index in [9.17, 15) is 8.42 Å². The van der Waals surface area contributed by atoms with E-state index in [4.69, 9.17) is 18.0 Å². The molecule has 1 unspecified atom stereocenters. The van der Waals surface area contributed by atoms with E-state index < -0.39 is 10.0 Å². The molecule has 19 heavy (non-hydrogen) atoms. The molecular formula is C12H18N2O2S3. The fraction of sp³-hybridized carbons (Fsp3) is 0.417. The molecule has 3 N–H and O–H groups in total. The second kappa shape index (κ2) is 7.23. The Morgan fingerprint density at radius 2 is 2.00 bits per heavy atom. The maximum absolute atomic E-state index is 12.1. The molecule has 0 aliphatic heterocycles. The van der Waals surface area contributed by atoms with Crippen molar-refractivity contribution < 1.29 is 8.42 Å². The molecule has 0 aliphatic carbocycles. The van der Waals surface area contributed by atoms with Crippen LogP contribution in [0.4, 0.5) is 0 Å². The third kappa shape index (κ3) is 5.10. The van der Waals surface area contributed by atoms with Crippen molar-refractivity contribution in [2.24, 2.45) is 5.73 Å². The molecule has 1 aromatic rings. The van der Waals surface area contributed by atoms with Gasteiger partial charge in [-0.05, 0) is 24.8 Å². The van der Waals surface area contributed by atoms with Gasteiger partial charge in [-0.1, -0.05) is 31.3 Å². The van der Waals surface area contributed by atoms with Crippen LogP contribution in [-0.2, 0) is 10.0 Å². The van der Waals surface area contributed by atoms with Gasteiger partial charge in [-0.2, -0.15) is 11.8 Å². The fourth-order valence-electron chi connectivity index (χ4n) is 1.46. The van der Waals surface area contributed by atoms with Gasteiger partial charge in [0.25, 0.3) is 0 Å². The van der Waals surface area contributed by atoms with Gasteiger partial charge in [-0.25, -0.2) is 13.1 Å². The average molecular weight is 318 g/mol. The lowest BCUT2D eigenvalue weighted by molar-refractivity contribution is 0.571. The maximum Gasteiger partial charge on any atom is 0.240 e. The first-order valence-corrected chi connectivity index (χ1v) is 8.91. The first-order valence-electron chi connectivity index (χ1n) is 5.86. The molecule has 0 saturated heterocycles. The van der Waals surface area contributed by atoms with Gasteiger partial charge in [0.2, 0.25) is 10.0 Å². The van der Waals surface area contributed by atoms with Crippen LogP contribution in [0, 0.1) is 0 Å². The van der Waals surface area contributed by atoms with Gasteiger partial charge in [-0.15, -0.1) is 0 Å². The lowest BCUT2D eigenvalue weighted by Gasteiger charge is -2.13. The Hall–Kier alpha value is -0.630. The number of hydrogen-bond acceptors (Lipinski definition) is 4. The highest BCUT2D eigenvalue weighted by Crippen LogP contribution is 2.12. The van der Waals surface area contributed by atoms with Crippen LogP contribution in [0.25, 0.3) is 0 Å². The molecule has 0 saturated carbocycles. The second-order valence-corrected chi connectivity index (χ2v) is 7.54. The van der Waals surface area contributed by atoms with Crippen molar-refractivity contribution in [3.8, 4) is 0 Å². The van der Waals surface area contributed by atoms with Gasteiger partial charge in [0, 0.05) is 17.4 Å². The summed E-state index contributed by atoms with van der Waals surface area (Å²) in [6, 6.07) is 6.14. The number of benzene rings is 1. The zero-order chi connectivity index (χ0) is 14.5. The Bertz CT molecular complexity index is 526. The topological polar surface area (TPSA) is 72.2 Å². The summed E-state index contributed by atoms with van der Waals surface area (Å²) in [5.41, 5.74) is 6.13. The zero-order valence-electron chi connectivity index (χ0n) is 10.9. The van der Waals surface area contributed by atoms with Crippen LogP contribution in [0.3, 0.4) is 0 Å². The molecule has 0 aromatic heterocycles. The molecule has 106 valence electrons. The minimum Gasteiger partial charge on any atom is -0.389 e. The number of rotatable bonds is 7. The van der Waals surface area contributed by atoms with Crippen molar-refractivity contribution in [3.63, 3.8) is 0 Å². The Morgan fingerprint density at radius 3 is 2.47 bits per heavy atom. The highest BCUT2D eigenvalue weighted by molar-refractivity contribution is 7.99. The number of nitrogens with one attached hydrogen (secondary N) is 1. The van der Waals surface area contributed by atoms with Crippen LogP contribution in [0.1, 0.15) is 19.4 Å². The normalized spacial score (nSPS) is 13.2. The molecular weight excluding hydrogens is 300 g/mol. The van der Waals surface area contributed by atoms with E-state index in [0.29, 0.717) is 5.56 Å². The molecule has 0 spiro atoms. The summed E-state index contributed by atoms with van der Waals surface area (Å²) in [6.45, 7) is 3.89. The van der Waals surface area contributed by atoms with E-state index in [2.05, 4.69) is 4.72 Å². The minimum absolute atomic E-state index is 0.106. The average Bonchev–Trinajstić information content (AvgIpc) is 2.36. The maximum atomic E-state index is 12.1. The molecule has 1 atom stereocenters. The summed E-state index contributed by atoms with van der Waals surface area (Å²) in [5, 5.41) is 0. The van der Waals surface area contributed by atoms with Gasteiger partial charge in [0.05, 0.1) is 4.90 Å². The SMILES string of the molecule is CCSCC(C)NS(=O)(=O)c1ccc(C(N)=S)cc1. The van der Waals surface area contributed by atoms with Crippen molar-refractivity contribution in [2.45, 2.75) is 24.8 Å². The Labute approximate surface area is 124 Å². The number of thiocarbonyl (C=S) groups is 1. The van der Waals surface area contributed by atoms with Gasteiger partial charge in [-0.3, -0.25) is 0 Å². The quantitative estimate of drug-likeness (QED) is 0.749. The number of sulfonamides is 1. The van der Waals surface area contributed by atoms with Crippen LogP contribution in [0.5, 0.6) is 0 Å². The van der Waals surface area contributed by atoms with E-state index in [1.54, 1.807) is 23.9 Å². The van der Waals surface area contributed by atoms with Crippen molar-refractivity contribution >= 4 is 39.0 Å². The van der Waals surface area contributed by atoms with Gasteiger partial charge in [0.1, 0.15) is 4.99 Å². The van der Waals surface area contributed by atoms with E-state index in [1.165, 1.54) is 12.1 Å². The van der Waals surface area contributed by atoms with Crippen LogP contribution in [-0.4, -0.2) is 31.0 Å². The highest BCUT2D eigenvalue weighted by Gasteiger charge is 2.17. The van der Waals surface area contributed by atoms with Crippen molar-refractivity contribution in [1.82, 2.24) is 4.72 Å². The van der Waals surface area contributed by atoms with Crippen LogP contribution in [0.15, 0.2) is 29.2 Å². The predicted octanol–water partition coefficient (Wildman–Crippen LogP) is 1.74. The van der Waals surface area contributed by atoms with Crippen molar-refractivity contribution in [3.05, 3.63) is 29.8 Å². The first kappa shape index (κ1) is 16.4. The van der Waals surface area contributed by atoms with Crippen molar-refractivity contribution in [2.75, 3.05) is 11.5 Å². The second-order valence-electron chi connectivity index (χ2n) is 4.07. The molecule has 7 heteroatoms. The standard InChI is InChI=1S/C12H18N2O2S3/c1-3-18-8-9(2)14-19(15,16)11-6-4-10(5-7-11)12(13)17/h4-7,9,14H,3,8H2,1-2H3,(H2,13,17). The smallest absolute Gasteiger partial charge is 0.240 e. The van der Waals surface area contributed by atoms with Gasteiger partial charge < -0.3 is 5.73 Å². The van der Waals surface area contributed by atoms with E-state index >= 15 is 0 Å². The molecule has 0 heterocycles. The van der Waals surface area contributed by atoms with E-state index in [1.807, 2.05) is 13.8 Å². The zero-order valence-corrected chi connectivity index (χ0v) is 13.4. The molecule has 0 fully saturated rings. The lowest BCUT2D eigenvalue weighted by atomic mass is 10.2. The lowest BCUT2D eigenvalue weighted by Crippen LogP contribution is -2.34. The third-order valence-electron chi connectivity index (χ3n) is 2.38. The summed E-state index contributed by atoms with van der Waals surface area (Å²) >= 11 is 6.52. The van der Waals surface area contributed by atoms with Crippen LogP contribution >= 0.6 is 24.0 Å². The van der Waals surface area contributed by atoms with Crippen LogP contribution in [0.2, 0.25) is 0 Å². The van der Waals surface area contributed by atoms with E-state index in [0.717, 1.165) is 11.5 Å². The Balaban J connectivity index is 2.79. The van der Waals surface area contributed by atoms with Gasteiger partial charge in [0.15, 0.2) is 0 Å². The monoisotopic (exact) mass is 318 g/mol. The summed E-state index contributed by atoms with van der Waals surface area (Å²) in [6.07, 6.45) is 0. The first-order chi connectivity index (χ1) is 8.86. The molecule has 0 radical (unpaired) electrons. The van der Waals surface area contributed by atoms with Gasteiger partial charge >= 0.3 is 0 Å². The molecule has 4 nitrogen and oxygen atoms in total. The summed E-state index contributed by atoms with van der Waals surface area (Å²) < 4.78 is 26.8. The highest BCUT2D eigenvalue weighted by atomic mass is 32.2. The van der Waals surface area contributed by atoms with E-state index in [-0.39, 0.29) is 15.9 Å². The molecule has 1 rings (SSSR count). The molecule has 0 aliphatic rings. The Morgan fingerprint density at radius 1 is 1.42 bits per heavy atom. The number of nitrogens with two attached hydrogens (primary N) is 1. The molecule has 1 aromatic carbocycles. The molecule has 0 bridgehead atoms. The summed E-state index contributed by atoms with van der Waals surface area (Å²) in [7, 11) is -3.48. The molecule has 0 amide bonds. The summed E-state index contributed by atoms with van der Waals surface area (Å²) in [4.78, 5) is 0.477.